The first-order valence-corrected chi connectivity index (χ1v) is 9.24. The van der Waals surface area contributed by atoms with E-state index in [0.717, 1.165) is 0 Å². The summed E-state index contributed by atoms with van der Waals surface area (Å²) < 4.78 is 0. The standard InChI is InChI=1S/C26H19N/c1-18-9-5-6-12-20(18)26-22-14-8-7-13-21(22)25(19-10-3-2-4-11-19)23-15-16-27-17-24(23)26/h2-17H,1H3. The molecule has 0 fully saturated rings. The molecule has 27 heavy (non-hydrogen) atoms. The predicted molar refractivity (Wildman–Crippen MR) is 115 cm³/mol. The van der Waals surface area contributed by atoms with Crippen LogP contribution in [0.15, 0.2) is 97.3 Å². The van der Waals surface area contributed by atoms with E-state index in [1.807, 2.05) is 12.4 Å². The van der Waals surface area contributed by atoms with Crippen molar-refractivity contribution in [2.45, 2.75) is 6.92 Å². The zero-order valence-electron chi connectivity index (χ0n) is 15.2. The molecule has 128 valence electrons. The van der Waals surface area contributed by atoms with Gasteiger partial charge in [0.25, 0.3) is 0 Å². The van der Waals surface area contributed by atoms with Crippen molar-refractivity contribution in [2.75, 3.05) is 0 Å². The number of hydrogen-bond acceptors (Lipinski definition) is 1. The van der Waals surface area contributed by atoms with Crippen LogP contribution in [0.2, 0.25) is 0 Å². The predicted octanol–water partition coefficient (Wildman–Crippen LogP) is 7.03. The number of aryl methyl sites for hydroxylation is 1. The van der Waals surface area contributed by atoms with Gasteiger partial charge in [-0.15, -0.1) is 0 Å². The van der Waals surface area contributed by atoms with Crippen LogP contribution in [-0.4, -0.2) is 4.98 Å². The molecule has 0 radical (unpaired) electrons. The van der Waals surface area contributed by atoms with Gasteiger partial charge < -0.3 is 0 Å². The fourth-order valence-electron chi connectivity index (χ4n) is 4.08. The quantitative estimate of drug-likeness (QED) is 0.313. The van der Waals surface area contributed by atoms with Crippen LogP contribution in [0.4, 0.5) is 0 Å². The van der Waals surface area contributed by atoms with E-state index < -0.39 is 0 Å². The van der Waals surface area contributed by atoms with Crippen molar-refractivity contribution in [3.05, 3.63) is 103 Å². The van der Waals surface area contributed by atoms with Gasteiger partial charge in [-0.25, -0.2) is 0 Å². The Labute approximate surface area is 158 Å². The summed E-state index contributed by atoms with van der Waals surface area (Å²) in [5, 5.41) is 4.99. The highest BCUT2D eigenvalue weighted by atomic mass is 14.6. The summed E-state index contributed by atoms with van der Waals surface area (Å²) in [6.07, 6.45) is 3.90. The van der Waals surface area contributed by atoms with E-state index in [0.29, 0.717) is 0 Å². The smallest absolute Gasteiger partial charge is 0.0353 e. The molecular formula is C26H19N. The molecule has 1 aromatic heterocycles. The zero-order chi connectivity index (χ0) is 18.2. The van der Waals surface area contributed by atoms with Gasteiger partial charge in [-0.1, -0.05) is 78.9 Å². The van der Waals surface area contributed by atoms with Crippen LogP contribution >= 0.6 is 0 Å². The van der Waals surface area contributed by atoms with E-state index in [-0.39, 0.29) is 0 Å². The van der Waals surface area contributed by atoms with Gasteiger partial charge in [0.15, 0.2) is 0 Å². The van der Waals surface area contributed by atoms with Crippen LogP contribution < -0.4 is 0 Å². The van der Waals surface area contributed by atoms with Gasteiger partial charge in [0.1, 0.15) is 0 Å². The van der Waals surface area contributed by atoms with Crippen molar-refractivity contribution in [1.82, 2.24) is 4.98 Å². The maximum absolute atomic E-state index is 4.47. The molecule has 0 saturated carbocycles. The molecule has 1 heteroatoms. The second-order valence-electron chi connectivity index (χ2n) is 6.90. The Morgan fingerprint density at radius 1 is 0.556 bits per heavy atom. The van der Waals surface area contributed by atoms with Crippen LogP contribution in [0.1, 0.15) is 5.56 Å². The number of pyridine rings is 1. The lowest BCUT2D eigenvalue weighted by Crippen LogP contribution is -1.92. The molecule has 5 rings (SSSR count). The number of rotatable bonds is 2. The van der Waals surface area contributed by atoms with Crippen molar-refractivity contribution in [3.63, 3.8) is 0 Å². The number of hydrogen-bond donors (Lipinski definition) is 0. The molecule has 0 aliphatic rings. The maximum Gasteiger partial charge on any atom is 0.0353 e. The largest absolute Gasteiger partial charge is 0.264 e. The van der Waals surface area contributed by atoms with Gasteiger partial charge >= 0.3 is 0 Å². The van der Waals surface area contributed by atoms with E-state index in [4.69, 9.17) is 0 Å². The molecule has 0 aliphatic carbocycles. The van der Waals surface area contributed by atoms with E-state index >= 15 is 0 Å². The lowest BCUT2D eigenvalue weighted by molar-refractivity contribution is 1.36. The molecular weight excluding hydrogens is 326 g/mol. The van der Waals surface area contributed by atoms with Gasteiger partial charge in [-0.3, -0.25) is 4.98 Å². The van der Waals surface area contributed by atoms with Gasteiger partial charge in [-0.2, -0.15) is 0 Å². The van der Waals surface area contributed by atoms with Crippen molar-refractivity contribution in [2.24, 2.45) is 0 Å². The fraction of sp³-hybridized carbons (Fsp3) is 0.0385. The average Bonchev–Trinajstić information content (AvgIpc) is 2.73. The summed E-state index contributed by atoms with van der Waals surface area (Å²) in [4.78, 5) is 4.47. The molecule has 0 saturated heterocycles. The number of nitrogens with zero attached hydrogens (tertiary/aromatic N) is 1. The normalized spacial score (nSPS) is 11.1. The van der Waals surface area contributed by atoms with E-state index in [2.05, 4.69) is 96.8 Å². The Morgan fingerprint density at radius 3 is 1.96 bits per heavy atom. The van der Waals surface area contributed by atoms with Gasteiger partial charge in [0.2, 0.25) is 0 Å². The monoisotopic (exact) mass is 345 g/mol. The minimum Gasteiger partial charge on any atom is -0.264 e. The Balaban J connectivity index is 2.03. The summed E-state index contributed by atoms with van der Waals surface area (Å²) in [7, 11) is 0. The Kier molecular flexibility index (Phi) is 3.72. The molecule has 0 atom stereocenters. The van der Waals surface area contributed by atoms with E-state index in [1.165, 1.54) is 49.4 Å². The SMILES string of the molecule is Cc1ccccc1-c1c2ccccc2c(-c2ccccc2)c2ccncc12. The summed E-state index contributed by atoms with van der Waals surface area (Å²) in [6.45, 7) is 2.18. The minimum atomic E-state index is 1.20. The molecule has 0 amide bonds. The van der Waals surface area contributed by atoms with Crippen molar-refractivity contribution in [3.8, 4) is 22.3 Å². The molecule has 5 aromatic rings. The summed E-state index contributed by atoms with van der Waals surface area (Å²) >= 11 is 0. The number of aromatic nitrogens is 1. The molecule has 0 N–H and O–H groups in total. The second-order valence-corrected chi connectivity index (χ2v) is 6.90. The van der Waals surface area contributed by atoms with Gasteiger partial charge in [-0.05, 0) is 57.0 Å². The summed E-state index contributed by atoms with van der Waals surface area (Å²) in [5.74, 6) is 0. The van der Waals surface area contributed by atoms with Crippen molar-refractivity contribution < 1.29 is 0 Å². The second kappa shape index (κ2) is 6.37. The fourth-order valence-corrected chi connectivity index (χ4v) is 4.08. The average molecular weight is 345 g/mol. The maximum atomic E-state index is 4.47. The van der Waals surface area contributed by atoms with E-state index in [1.54, 1.807) is 0 Å². The number of fused-ring (bicyclic) bond motifs is 2. The zero-order valence-corrected chi connectivity index (χ0v) is 15.2. The first-order chi connectivity index (χ1) is 13.3. The minimum absolute atomic E-state index is 1.20. The van der Waals surface area contributed by atoms with E-state index in [9.17, 15) is 0 Å². The summed E-state index contributed by atoms with van der Waals surface area (Å²) in [6, 6.07) is 30.1. The van der Waals surface area contributed by atoms with Crippen LogP contribution in [0.25, 0.3) is 43.8 Å². The summed E-state index contributed by atoms with van der Waals surface area (Å²) in [5.41, 5.74) is 6.33. The van der Waals surface area contributed by atoms with Crippen LogP contribution in [-0.2, 0) is 0 Å². The van der Waals surface area contributed by atoms with Crippen LogP contribution in [0, 0.1) is 6.92 Å². The van der Waals surface area contributed by atoms with Gasteiger partial charge in [0.05, 0.1) is 0 Å². The Bertz CT molecular complexity index is 1210. The first-order valence-electron chi connectivity index (χ1n) is 9.24. The molecule has 0 bridgehead atoms. The Hall–Kier alpha value is -3.45. The first kappa shape index (κ1) is 15.8. The highest BCUT2D eigenvalue weighted by Gasteiger charge is 2.17. The third-order valence-electron chi connectivity index (χ3n) is 5.30. The molecule has 1 nitrogen and oxygen atoms in total. The third kappa shape index (κ3) is 2.51. The molecule has 0 spiro atoms. The lowest BCUT2D eigenvalue weighted by Gasteiger charge is -2.18. The molecule has 0 aliphatic heterocycles. The number of benzene rings is 4. The lowest BCUT2D eigenvalue weighted by atomic mass is 9.86. The van der Waals surface area contributed by atoms with Crippen molar-refractivity contribution >= 4 is 21.5 Å². The Morgan fingerprint density at radius 2 is 1.19 bits per heavy atom. The topological polar surface area (TPSA) is 12.9 Å². The molecule has 4 aromatic carbocycles. The van der Waals surface area contributed by atoms with Crippen LogP contribution in [0.5, 0.6) is 0 Å². The highest BCUT2D eigenvalue weighted by molar-refractivity contribution is 6.21. The molecule has 1 heterocycles. The van der Waals surface area contributed by atoms with Crippen molar-refractivity contribution in [1.29, 1.82) is 0 Å². The third-order valence-corrected chi connectivity index (χ3v) is 5.30. The van der Waals surface area contributed by atoms with Crippen LogP contribution in [0.3, 0.4) is 0 Å². The van der Waals surface area contributed by atoms with Gasteiger partial charge in [0, 0.05) is 17.8 Å². The molecule has 0 unspecified atom stereocenters. The highest BCUT2D eigenvalue weighted by Crippen LogP contribution is 2.43.